The molecule has 23 heavy (non-hydrogen) atoms. The monoisotopic (exact) mass is 337 g/mol. The molecule has 1 N–H and O–H groups in total. The largest absolute Gasteiger partial charge is 0.349 e. The second-order valence-corrected chi connectivity index (χ2v) is 6.13. The van der Waals surface area contributed by atoms with Crippen molar-refractivity contribution in [3.05, 3.63) is 34.9 Å². The summed E-state index contributed by atoms with van der Waals surface area (Å²) in [5.41, 5.74) is 0.607. The first-order chi connectivity index (χ1) is 11.0. The van der Waals surface area contributed by atoms with Crippen molar-refractivity contribution in [3.63, 3.8) is 0 Å². The number of urea groups is 1. The highest BCUT2D eigenvalue weighted by atomic mass is 35.5. The lowest BCUT2D eigenvalue weighted by molar-refractivity contribution is 0.0911. The maximum Gasteiger partial charge on any atom is 0.319 e. The number of hydrogen-bond donors (Lipinski definition) is 1. The molecule has 1 heterocycles. The molecule has 5 nitrogen and oxygen atoms in total. The minimum absolute atomic E-state index is 0.0878. The van der Waals surface area contributed by atoms with Gasteiger partial charge >= 0.3 is 6.03 Å². The minimum atomic E-state index is -0.0878. The smallest absolute Gasteiger partial charge is 0.319 e. The highest BCUT2D eigenvalue weighted by molar-refractivity contribution is 6.30. The van der Waals surface area contributed by atoms with E-state index >= 15 is 0 Å². The normalized spacial score (nSPS) is 15.3. The summed E-state index contributed by atoms with van der Waals surface area (Å²) < 4.78 is 0. The Morgan fingerprint density at radius 3 is 2.26 bits per heavy atom. The summed E-state index contributed by atoms with van der Waals surface area (Å²) in [5.74, 6) is -0.0878. The molecule has 1 saturated heterocycles. The minimum Gasteiger partial charge on any atom is -0.349 e. The second kappa shape index (κ2) is 8.20. The number of halogens is 1. The van der Waals surface area contributed by atoms with Gasteiger partial charge in [0.2, 0.25) is 0 Å². The number of carbonyl (C=O) groups excluding carboxylic acids is 2. The predicted octanol–water partition coefficient (Wildman–Crippen LogP) is 3.00. The van der Waals surface area contributed by atoms with Crippen LogP contribution in [0.15, 0.2) is 24.3 Å². The van der Waals surface area contributed by atoms with Gasteiger partial charge in [-0.15, -0.1) is 0 Å². The lowest BCUT2D eigenvalue weighted by atomic mass is 10.0. The van der Waals surface area contributed by atoms with Crippen molar-refractivity contribution in [2.24, 2.45) is 0 Å². The van der Waals surface area contributed by atoms with Crippen LogP contribution in [-0.4, -0.2) is 54.0 Å². The van der Waals surface area contributed by atoms with Gasteiger partial charge in [-0.1, -0.05) is 11.6 Å². The Morgan fingerprint density at radius 2 is 1.74 bits per heavy atom. The zero-order valence-corrected chi connectivity index (χ0v) is 14.5. The first-order valence-electron chi connectivity index (χ1n) is 8.15. The Morgan fingerprint density at radius 1 is 1.17 bits per heavy atom. The number of nitrogens with zero attached hydrogens (tertiary/aromatic N) is 2. The van der Waals surface area contributed by atoms with Gasteiger partial charge in [-0.3, -0.25) is 4.79 Å². The molecule has 126 valence electrons. The van der Waals surface area contributed by atoms with Crippen LogP contribution >= 0.6 is 11.6 Å². The topological polar surface area (TPSA) is 52.7 Å². The Labute approximate surface area is 142 Å². The Kier molecular flexibility index (Phi) is 6.28. The van der Waals surface area contributed by atoms with Gasteiger partial charge in [0.1, 0.15) is 0 Å². The fourth-order valence-corrected chi connectivity index (χ4v) is 2.91. The number of nitrogens with one attached hydrogen (secondary N) is 1. The van der Waals surface area contributed by atoms with Crippen LogP contribution in [-0.2, 0) is 0 Å². The molecule has 1 fully saturated rings. The summed E-state index contributed by atoms with van der Waals surface area (Å²) in [7, 11) is 0. The van der Waals surface area contributed by atoms with Crippen molar-refractivity contribution in [1.82, 2.24) is 15.1 Å². The van der Waals surface area contributed by atoms with Crippen molar-refractivity contribution in [3.8, 4) is 0 Å². The van der Waals surface area contributed by atoms with Gasteiger partial charge < -0.3 is 15.1 Å². The molecule has 1 aliphatic rings. The maximum absolute atomic E-state index is 12.3. The Hall–Kier alpha value is -1.75. The average molecular weight is 338 g/mol. The van der Waals surface area contributed by atoms with Crippen molar-refractivity contribution >= 4 is 23.5 Å². The summed E-state index contributed by atoms with van der Waals surface area (Å²) in [6.07, 6.45) is 1.57. The Balaban J connectivity index is 1.83. The highest BCUT2D eigenvalue weighted by Gasteiger charge is 2.26. The third-order valence-electron chi connectivity index (χ3n) is 4.24. The number of piperidine rings is 1. The number of amides is 3. The summed E-state index contributed by atoms with van der Waals surface area (Å²) in [4.78, 5) is 28.2. The predicted molar refractivity (Wildman–Crippen MR) is 91.8 cm³/mol. The van der Waals surface area contributed by atoms with E-state index in [1.807, 2.05) is 23.6 Å². The zero-order chi connectivity index (χ0) is 16.8. The standard InChI is InChI=1S/C17H24ClN3O2/c1-3-20(4-2)17(23)21-11-9-15(10-12-21)19-16(22)13-5-7-14(18)8-6-13/h5-8,15H,3-4,9-12H2,1-2H3,(H,19,22). The molecular weight excluding hydrogens is 314 g/mol. The number of rotatable bonds is 4. The van der Waals surface area contributed by atoms with E-state index in [0.717, 1.165) is 25.9 Å². The molecule has 2 rings (SSSR count). The number of hydrogen-bond acceptors (Lipinski definition) is 2. The van der Waals surface area contributed by atoms with Crippen LogP contribution < -0.4 is 5.32 Å². The first kappa shape index (κ1) is 17.6. The van der Waals surface area contributed by atoms with Gasteiger partial charge in [0.15, 0.2) is 0 Å². The van der Waals surface area contributed by atoms with Gasteiger partial charge in [-0.25, -0.2) is 4.79 Å². The molecule has 1 aromatic carbocycles. The number of likely N-dealkylation sites (tertiary alicyclic amines) is 1. The second-order valence-electron chi connectivity index (χ2n) is 5.70. The fourth-order valence-electron chi connectivity index (χ4n) is 2.78. The molecule has 1 aromatic rings. The molecule has 0 aromatic heterocycles. The van der Waals surface area contributed by atoms with E-state index in [4.69, 9.17) is 11.6 Å². The summed E-state index contributed by atoms with van der Waals surface area (Å²) in [6.45, 7) is 6.79. The van der Waals surface area contributed by atoms with Crippen LogP contribution in [0, 0.1) is 0 Å². The number of carbonyl (C=O) groups is 2. The summed E-state index contributed by atoms with van der Waals surface area (Å²) >= 11 is 5.83. The van der Waals surface area contributed by atoms with Crippen molar-refractivity contribution in [1.29, 1.82) is 0 Å². The van der Waals surface area contributed by atoms with E-state index in [-0.39, 0.29) is 18.0 Å². The van der Waals surface area contributed by atoms with Gasteiger partial charge in [-0.05, 0) is 51.0 Å². The first-order valence-corrected chi connectivity index (χ1v) is 8.53. The fraction of sp³-hybridized carbons (Fsp3) is 0.529. The van der Waals surface area contributed by atoms with Crippen LogP contribution in [0.25, 0.3) is 0 Å². The van der Waals surface area contributed by atoms with Crippen molar-refractivity contribution in [2.75, 3.05) is 26.2 Å². The van der Waals surface area contributed by atoms with Crippen molar-refractivity contribution < 1.29 is 9.59 Å². The van der Waals surface area contributed by atoms with Gasteiger partial charge in [0.25, 0.3) is 5.91 Å². The molecule has 0 saturated carbocycles. The molecule has 6 heteroatoms. The molecule has 3 amide bonds. The molecule has 0 unspecified atom stereocenters. The van der Waals surface area contributed by atoms with E-state index < -0.39 is 0 Å². The van der Waals surface area contributed by atoms with Crippen LogP contribution in [0.5, 0.6) is 0 Å². The molecule has 0 spiro atoms. The van der Waals surface area contributed by atoms with E-state index in [1.165, 1.54) is 0 Å². The molecule has 1 aliphatic heterocycles. The van der Waals surface area contributed by atoms with Crippen LogP contribution in [0.4, 0.5) is 4.79 Å². The van der Waals surface area contributed by atoms with Gasteiger partial charge in [0.05, 0.1) is 0 Å². The molecule has 0 aliphatic carbocycles. The summed E-state index contributed by atoms with van der Waals surface area (Å²) in [6, 6.07) is 7.06. The molecule has 0 bridgehead atoms. The quantitative estimate of drug-likeness (QED) is 0.918. The molecular formula is C17H24ClN3O2. The Bertz CT molecular complexity index is 535. The lowest BCUT2D eigenvalue weighted by Crippen LogP contribution is -2.50. The highest BCUT2D eigenvalue weighted by Crippen LogP contribution is 2.14. The molecule has 0 radical (unpaired) electrons. The summed E-state index contributed by atoms with van der Waals surface area (Å²) in [5, 5.41) is 3.65. The van der Waals surface area contributed by atoms with Crippen LogP contribution in [0.3, 0.4) is 0 Å². The van der Waals surface area contributed by atoms with E-state index in [0.29, 0.717) is 23.7 Å². The zero-order valence-electron chi connectivity index (χ0n) is 13.7. The van der Waals surface area contributed by atoms with Crippen molar-refractivity contribution in [2.45, 2.75) is 32.7 Å². The van der Waals surface area contributed by atoms with Crippen LogP contribution in [0.2, 0.25) is 5.02 Å². The van der Waals surface area contributed by atoms with Crippen LogP contribution in [0.1, 0.15) is 37.0 Å². The third kappa shape index (κ3) is 4.61. The van der Waals surface area contributed by atoms with Gasteiger partial charge in [-0.2, -0.15) is 0 Å². The van der Waals surface area contributed by atoms with Gasteiger partial charge in [0, 0.05) is 42.8 Å². The average Bonchev–Trinajstić information content (AvgIpc) is 2.57. The van der Waals surface area contributed by atoms with E-state index in [2.05, 4.69) is 5.32 Å². The number of benzene rings is 1. The van der Waals surface area contributed by atoms with E-state index in [1.54, 1.807) is 24.3 Å². The maximum atomic E-state index is 12.3. The molecule has 0 atom stereocenters. The van der Waals surface area contributed by atoms with E-state index in [9.17, 15) is 9.59 Å². The lowest BCUT2D eigenvalue weighted by Gasteiger charge is -2.35. The third-order valence-corrected chi connectivity index (χ3v) is 4.49. The SMILES string of the molecule is CCN(CC)C(=O)N1CCC(NC(=O)c2ccc(Cl)cc2)CC1.